The van der Waals surface area contributed by atoms with Gasteiger partial charge >= 0.3 is 0 Å². The van der Waals surface area contributed by atoms with Gasteiger partial charge in [0.2, 0.25) is 0 Å². The third-order valence-electron chi connectivity index (χ3n) is 3.58. The normalized spacial score (nSPS) is 10.8. The molecule has 3 aromatic heterocycles. The number of fused-ring (bicyclic) bond motifs is 1. The molecule has 1 aromatic carbocycles. The molecule has 0 radical (unpaired) electrons. The summed E-state index contributed by atoms with van der Waals surface area (Å²) < 4.78 is 3.74. The fourth-order valence-corrected chi connectivity index (χ4v) is 2.40. The average molecular weight is 303 g/mol. The Labute approximate surface area is 132 Å². The molecular weight excluding hydrogens is 290 g/mol. The Morgan fingerprint density at radius 2 is 1.78 bits per heavy atom. The SMILES string of the molecule is O=C(Nc1ccc2nncn2c1)c1ccc(-n2cccc2)cc1. The van der Waals surface area contributed by atoms with E-state index < -0.39 is 0 Å². The van der Waals surface area contributed by atoms with Crippen molar-refractivity contribution in [2.24, 2.45) is 0 Å². The molecule has 0 atom stereocenters. The van der Waals surface area contributed by atoms with Crippen molar-refractivity contribution in [1.82, 2.24) is 19.2 Å². The van der Waals surface area contributed by atoms with Gasteiger partial charge in [-0.05, 0) is 48.5 Å². The van der Waals surface area contributed by atoms with Gasteiger partial charge in [0.05, 0.1) is 5.69 Å². The highest BCUT2D eigenvalue weighted by Crippen LogP contribution is 2.13. The van der Waals surface area contributed by atoms with Gasteiger partial charge < -0.3 is 9.88 Å². The molecule has 4 aromatic rings. The number of nitrogens with zero attached hydrogens (tertiary/aromatic N) is 4. The molecular formula is C17H13N5O. The minimum absolute atomic E-state index is 0.156. The van der Waals surface area contributed by atoms with Crippen molar-refractivity contribution in [3.8, 4) is 5.69 Å². The van der Waals surface area contributed by atoms with Crippen molar-refractivity contribution in [2.75, 3.05) is 5.32 Å². The Morgan fingerprint density at radius 1 is 1.00 bits per heavy atom. The van der Waals surface area contributed by atoms with Crippen LogP contribution >= 0.6 is 0 Å². The monoisotopic (exact) mass is 303 g/mol. The fraction of sp³-hybridized carbons (Fsp3) is 0. The van der Waals surface area contributed by atoms with E-state index in [4.69, 9.17) is 0 Å². The zero-order chi connectivity index (χ0) is 15.6. The maximum atomic E-state index is 12.3. The minimum atomic E-state index is -0.156. The molecule has 0 saturated heterocycles. The Kier molecular flexibility index (Phi) is 3.12. The predicted molar refractivity (Wildman–Crippen MR) is 86.7 cm³/mol. The quantitative estimate of drug-likeness (QED) is 0.633. The molecule has 6 nitrogen and oxygen atoms in total. The first-order valence-electron chi connectivity index (χ1n) is 7.14. The summed E-state index contributed by atoms with van der Waals surface area (Å²) in [5.74, 6) is -0.156. The van der Waals surface area contributed by atoms with E-state index in [1.165, 1.54) is 0 Å². The molecule has 0 aliphatic heterocycles. The summed E-state index contributed by atoms with van der Waals surface area (Å²) >= 11 is 0. The lowest BCUT2D eigenvalue weighted by molar-refractivity contribution is 0.102. The van der Waals surface area contributed by atoms with Crippen LogP contribution in [0.2, 0.25) is 0 Å². The molecule has 0 spiro atoms. The van der Waals surface area contributed by atoms with Crippen LogP contribution in [0.4, 0.5) is 5.69 Å². The molecule has 1 amide bonds. The Hall–Kier alpha value is -3.41. The van der Waals surface area contributed by atoms with Gasteiger partial charge in [-0.15, -0.1) is 10.2 Å². The van der Waals surface area contributed by atoms with Crippen LogP contribution < -0.4 is 5.32 Å². The maximum Gasteiger partial charge on any atom is 0.255 e. The first-order valence-corrected chi connectivity index (χ1v) is 7.14. The summed E-state index contributed by atoms with van der Waals surface area (Å²) in [7, 11) is 0. The zero-order valence-electron chi connectivity index (χ0n) is 12.1. The third kappa shape index (κ3) is 2.57. The lowest BCUT2D eigenvalue weighted by Crippen LogP contribution is -2.12. The van der Waals surface area contributed by atoms with Crippen molar-refractivity contribution in [1.29, 1.82) is 0 Å². The van der Waals surface area contributed by atoms with Gasteiger partial charge in [0, 0.05) is 29.8 Å². The lowest BCUT2D eigenvalue weighted by Gasteiger charge is -2.07. The molecule has 0 bridgehead atoms. The van der Waals surface area contributed by atoms with Gasteiger partial charge in [-0.2, -0.15) is 0 Å². The standard InChI is InChI=1S/C17H13N5O/c23-17(19-14-5-8-16-20-18-12-22(16)11-14)13-3-6-15(7-4-13)21-9-1-2-10-21/h1-12H,(H,19,23). The average Bonchev–Trinajstić information content (AvgIpc) is 3.26. The van der Waals surface area contributed by atoms with Gasteiger partial charge in [0.25, 0.3) is 5.91 Å². The number of carbonyl (C=O) groups is 1. The van der Waals surface area contributed by atoms with Crippen LogP contribution in [0, 0.1) is 0 Å². The number of hydrogen-bond donors (Lipinski definition) is 1. The second-order valence-corrected chi connectivity index (χ2v) is 5.11. The van der Waals surface area contributed by atoms with E-state index in [1.807, 2.05) is 53.4 Å². The molecule has 23 heavy (non-hydrogen) atoms. The highest BCUT2D eigenvalue weighted by Gasteiger charge is 2.07. The van der Waals surface area contributed by atoms with Gasteiger partial charge in [0.1, 0.15) is 6.33 Å². The summed E-state index contributed by atoms with van der Waals surface area (Å²) in [5.41, 5.74) is 3.04. The number of carbonyl (C=O) groups excluding carboxylic acids is 1. The molecule has 4 rings (SSSR count). The smallest absolute Gasteiger partial charge is 0.255 e. The topological polar surface area (TPSA) is 64.2 Å². The van der Waals surface area contributed by atoms with Crippen LogP contribution in [-0.2, 0) is 0 Å². The van der Waals surface area contributed by atoms with Crippen LogP contribution in [0.25, 0.3) is 11.3 Å². The number of aromatic nitrogens is 4. The maximum absolute atomic E-state index is 12.3. The van der Waals surface area contributed by atoms with Crippen LogP contribution in [0.3, 0.4) is 0 Å². The van der Waals surface area contributed by atoms with Gasteiger partial charge in [-0.25, -0.2) is 0 Å². The van der Waals surface area contributed by atoms with Crippen LogP contribution in [-0.4, -0.2) is 25.1 Å². The number of hydrogen-bond acceptors (Lipinski definition) is 3. The molecule has 0 saturated carbocycles. The van der Waals surface area contributed by atoms with Crippen LogP contribution in [0.5, 0.6) is 0 Å². The van der Waals surface area contributed by atoms with E-state index in [-0.39, 0.29) is 5.91 Å². The van der Waals surface area contributed by atoms with Gasteiger partial charge in [-0.1, -0.05) is 0 Å². The molecule has 0 fully saturated rings. The van der Waals surface area contributed by atoms with Crippen LogP contribution in [0.1, 0.15) is 10.4 Å². The number of nitrogens with one attached hydrogen (secondary N) is 1. The fourth-order valence-electron chi connectivity index (χ4n) is 2.40. The summed E-state index contributed by atoms with van der Waals surface area (Å²) in [4.78, 5) is 12.3. The second kappa shape index (κ2) is 5.42. The van der Waals surface area contributed by atoms with E-state index in [2.05, 4.69) is 15.5 Å². The number of pyridine rings is 1. The van der Waals surface area contributed by atoms with Crippen molar-refractivity contribution < 1.29 is 4.79 Å². The molecule has 0 aliphatic carbocycles. The largest absolute Gasteiger partial charge is 0.324 e. The number of anilines is 1. The van der Waals surface area contributed by atoms with Crippen molar-refractivity contribution in [3.05, 3.63) is 79.0 Å². The van der Waals surface area contributed by atoms with Gasteiger partial charge in [-0.3, -0.25) is 9.20 Å². The van der Waals surface area contributed by atoms with Gasteiger partial charge in [0.15, 0.2) is 5.65 Å². The molecule has 6 heteroatoms. The Balaban J connectivity index is 1.54. The van der Waals surface area contributed by atoms with E-state index in [0.29, 0.717) is 11.3 Å². The second-order valence-electron chi connectivity index (χ2n) is 5.11. The summed E-state index contributed by atoms with van der Waals surface area (Å²) in [6.45, 7) is 0. The first-order chi connectivity index (χ1) is 11.3. The lowest BCUT2D eigenvalue weighted by atomic mass is 10.2. The highest BCUT2D eigenvalue weighted by atomic mass is 16.1. The first kappa shape index (κ1) is 13.3. The number of benzene rings is 1. The molecule has 0 aliphatic rings. The van der Waals surface area contributed by atoms with E-state index in [1.54, 1.807) is 29.1 Å². The van der Waals surface area contributed by atoms with E-state index >= 15 is 0 Å². The predicted octanol–water partition coefficient (Wildman–Crippen LogP) is 2.77. The van der Waals surface area contributed by atoms with Crippen molar-refractivity contribution in [2.45, 2.75) is 0 Å². The Bertz CT molecular complexity index is 954. The molecule has 3 heterocycles. The van der Waals surface area contributed by atoms with Crippen molar-refractivity contribution in [3.63, 3.8) is 0 Å². The molecule has 112 valence electrons. The summed E-state index contributed by atoms with van der Waals surface area (Å²) in [5, 5.41) is 10.6. The number of amides is 1. The van der Waals surface area contributed by atoms with Crippen molar-refractivity contribution >= 4 is 17.2 Å². The third-order valence-corrected chi connectivity index (χ3v) is 3.58. The molecule has 1 N–H and O–H groups in total. The van der Waals surface area contributed by atoms with Crippen LogP contribution in [0.15, 0.2) is 73.4 Å². The zero-order valence-corrected chi connectivity index (χ0v) is 12.1. The highest BCUT2D eigenvalue weighted by molar-refractivity contribution is 6.04. The van der Waals surface area contributed by atoms with E-state index in [9.17, 15) is 4.79 Å². The number of rotatable bonds is 3. The summed E-state index contributed by atoms with van der Waals surface area (Å²) in [6.07, 6.45) is 7.30. The summed E-state index contributed by atoms with van der Waals surface area (Å²) in [6, 6.07) is 15.0. The molecule has 0 unspecified atom stereocenters. The minimum Gasteiger partial charge on any atom is -0.324 e. The van der Waals surface area contributed by atoms with E-state index in [0.717, 1.165) is 11.3 Å². The Morgan fingerprint density at radius 3 is 2.57 bits per heavy atom.